The molecule has 4 heteroatoms. The van der Waals surface area contributed by atoms with Crippen LogP contribution in [0.2, 0.25) is 0 Å². The molecule has 0 saturated heterocycles. The van der Waals surface area contributed by atoms with Gasteiger partial charge in [-0.05, 0) is 0 Å². The van der Waals surface area contributed by atoms with Crippen molar-refractivity contribution in [2.75, 3.05) is 0 Å². The van der Waals surface area contributed by atoms with Crippen molar-refractivity contribution in [3.05, 3.63) is 5.38 Å². The summed E-state index contributed by atoms with van der Waals surface area (Å²) >= 11 is 13.9. The summed E-state index contributed by atoms with van der Waals surface area (Å²) in [6, 6.07) is 0. The smallest absolute Gasteiger partial charge is 0.0713 e. The highest BCUT2D eigenvalue weighted by Gasteiger charge is 1.98. The third-order valence-electron chi connectivity index (χ3n) is 0.727. The van der Waals surface area contributed by atoms with Crippen LogP contribution >= 0.6 is 49.2 Å². The molecule has 0 aliphatic carbocycles. The first-order chi connectivity index (χ1) is 3.72. The SMILES string of the molecule is Sc1csc(S)c1S. The Hall–Kier alpha value is 0.750. The van der Waals surface area contributed by atoms with Crippen LogP contribution in [0.3, 0.4) is 0 Å². The van der Waals surface area contributed by atoms with E-state index in [2.05, 4.69) is 37.9 Å². The minimum atomic E-state index is 0.877. The lowest BCUT2D eigenvalue weighted by atomic mass is 10.7. The molecule has 0 aliphatic rings. The molecule has 1 aromatic heterocycles. The minimum absolute atomic E-state index is 0.877. The second-order valence-electron chi connectivity index (χ2n) is 1.27. The van der Waals surface area contributed by atoms with Gasteiger partial charge in [-0.1, -0.05) is 0 Å². The first-order valence-electron chi connectivity index (χ1n) is 1.90. The van der Waals surface area contributed by atoms with Crippen molar-refractivity contribution in [3.8, 4) is 0 Å². The molecular formula is C4H4S4. The van der Waals surface area contributed by atoms with Gasteiger partial charge in [-0.15, -0.1) is 49.2 Å². The predicted molar refractivity (Wildman–Crippen MR) is 46.1 cm³/mol. The highest BCUT2D eigenvalue weighted by molar-refractivity contribution is 7.86. The van der Waals surface area contributed by atoms with Crippen LogP contribution in [-0.2, 0) is 0 Å². The Labute approximate surface area is 68.5 Å². The summed E-state index contributed by atoms with van der Waals surface area (Å²) in [7, 11) is 0. The molecule has 1 aromatic rings. The van der Waals surface area contributed by atoms with E-state index in [4.69, 9.17) is 0 Å². The zero-order valence-electron chi connectivity index (χ0n) is 3.83. The highest BCUT2D eigenvalue weighted by atomic mass is 32.2. The summed E-state index contributed by atoms with van der Waals surface area (Å²) in [5.41, 5.74) is 0. The van der Waals surface area contributed by atoms with Crippen LogP contribution in [0.15, 0.2) is 19.4 Å². The van der Waals surface area contributed by atoms with Gasteiger partial charge >= 0.3 is 0 Å². The van der Waals surface area contributed by atoms with E-state index in [9.17, 15) is 0 Å². The molecule has 0 atom stereocenters. The van der Waals surface area contributed by atoms with Crippen LogP contribution in [0.5, 0.6) is 0 Å². The summed E-state index contributed by atoms with van der Waals surface area (Å²) in [6.45, 7) is 0. The van der Waals surface area contributed by atoms with Crippen molar-refractivity contribution in [2.45, 2.75) is 14.0 Å². The van der Waals surface area contributed by atoms with Crippen LogP contribution in [0.25, 0.3) is 0 Å². The lowest BCUT2D eigenvalue weighted by Crippen LogP contribution is -1.55. The molecule has 0 nitrogen and oxygen atoms in total. The lowest BCUT2D eigenvalue weighted by Gasteiger charge is -1.83. The van der Waals surface area contributed by atoms with Gasteiger partial charge in [0.2, 0.25) is 0 Å². The van der Waals surface area contributed by atoms with E-state index >= 15 is 0 Å². The van der Waals surface area contributed by atoms with Gasteiger partial charge in [-0.3, -0.25) is 0 Å². The molecule has 0 amide bonds. The van der Waals surface area contributed by atoms with Gasteiger partial charge in [0, 0.05) is 15.2 Å². The summed E-state index contributed by atoms with van der Waals surface area (Å²) < 4.78 is 0.929. The zero-order valence-corrected chi connectivity index (χ0v) is 7.33. The van der Waals surface area contributed by atoms with Gasteiger partial charge in [0.1, 0.15) is 0 Å². The number of thiol groups is 3. The zero-order chi connectivity index (χ0) is 6.15. The van der Waals surface area contributed by atoms with E-state index in [0.717, 1.165) is 14.0 Å². The maximum atomic E-state index is 4.12. The Morgan fingerprint density at radius 1 is 1.25 bits per heavy atom. The lowest BCUT2D eigenvalue weighted by molar-refractivity contribution is 1.26. The molecule has 0 spiro atoms. The van der Waals surface area contributed by atoms with Crippen molar-refractivity contribution >= 4 is 49.2 Å². The van der Waals surface area contributed by atoms with E-state index in [0.29, 0.717) is 0 Å². The maximum absolute atomic E-state index is 4.12. The molecule has 0 radical (unpaired) electrons. The summed E-state index contributed by atoms with van der Waals surface area (Å²) in [4.78, 5) is 1.78. The number of hydrogen-bond acceptors (Lipinski definition) is 4. The topological polar surface area (TPSA) is 0 Å². The van der Waals surface area contributed by atoms with Gasteiger partial charge < -0.3 is 0 Å². The molecule has 0 N–H and O–H groups in total. The molecular weight excluding hydrogens is 176 g/mol. The molecule has 44 valence electrons. The van der Waals surface area contributed by atoms with Gasteiger partial charge in [-0.25, -0.2) is 0 Å². The van der Waals surface area contributed by atoms with Crippen LogP contribution in [0.1, 0.15) is 0 Å². The molecule has 8 heavy (non-hydrogen) atoms. The molecule has 0 saturated carbocycles. The fourth-order valence-electron chi connectivity index (χ4n) is 0.333. The fourth-order valence-corrected chi connectivity index (χ4v) is 1.92. The van der Waals surface area contributed by atoms with Crippen LogP contribution in [0.4, 0.5) is 0 Å². The fraction of sp³-hybridized carbons (Fsp3) is 0. The van der Waals surface area contributed by atoms with Gasteiger partial charge in [-0.2, -0.15) is 0 Å². The van der Waals surface area contributed by atoms with E-state index in [1.807, 2.05) is 5.38 Å². The highest BCUT2D eigenvalue weighted by Crippen LogP contribution is 2.31. The molecule has 0 aromatic carbocycles. The first-order valence-corrected chi connectivity index (χ1v) is 4.12. The second-order valence-corrected chi connectivity index (χ2v) is 3.83. The van der Waals surface area contributed by atoms with E-state index in [-0.39, 0.29) is 0 Å². The third kappa shape index (κ3) is 1.18. The number of rotatable bonds is 0. The van der Waals surface area contributed by atoms with Crippen LogP contribution in [0, 0.1) is 0 Å². The average molecular weight is 180 g/mol. The van der Waals surface area contributed by atoms with E-state index in [1.165, 1.54) is 0 Å². The third-order valence-corrected chi connectivity index (χ3v) is 3.54. The molecule has 0 fully saturated rings. The molecule has 1 heterocycles. The van der Waals surface area contributed by atoms with Crippen molar-refractivity contribution in [2.24, 2.45) is 0 Å². The second kappa shape index (κ2) is 2.56. The Morgan fingerprint density at radius 2 is 1.88 bits per heavy atom. The van der Waals surface area contributed by atoms with Crippen LogP contribution in [-0.4, -0.2) is 0 Å². The maximum Gasteiger partial charge on any atom is 0.0713 e. The molecule has 0 aliphatic heterocycles. The van der Waals surface area contributed by atoms with Crippen LogP contribution < -0.4 is 0 Å². The molecule has 0 bridgehead atoms. The average Bonchev–Trinajstić information content (AvgIpc) is 1.98. The first kappa shape index (κ1) is 6.86. The summed E-state index contributed by atoms with van der Waals surface area (Å²) in [6.07, 6.45) is 0. The van der Waals surface area contributed by atoms with Crippen molar-refractivity contribution in [1.82, 2.24) is 0 Å². The standard InChI is InChI=1S/C4H4S4/c5-2-1-8-4(7)3(2)6/h1,5-7H. The number of thiophene rings is 1. The predicted octanol–water partition coefficient (Wildman–Crippen LogP) is 2.61. The van der Waals surface area contributed by atoms with Gasteiger partial charge in [0.05, 0.1) is 4.21 Å². The largest absolute Gasteiger partial charge is 0.141 e. The Bertz CT molecular complexity index is 170. The Morgan fingerprint density at radius 3 is 2.00 bits per heavy atom. The monoisotopic (exact) mass is 180 g/mol. The normalized spacial score (nSPS) is 9.88. The summed E-state index contributed by atoms with van der Waals surface area (Å²) in [5.74, 6) is 0. The van der Waals surface area contributed by atoms with Crippen molar-refractivity contribution in [3.63, 3.8) is 0 Å². The van der Waals surface area contributed by atoms with Crippen molar-refractivity contribution in [1.29, 1.82) is 0 Å². The minimum Gasteiger partial charge on any atom is -0.141 e. The van der Waals surface area contributed by atoms with E-state index in [1.54, 1.807) is 11.3 Å². The van der Waals surface area contributed by atoms with E-state index < -0.39 is 0 Å². The van der Waals surface area contributed by atoms with Gasteiger partial charge in [0.25, 0.3) is 0 Å². The molecule has 1 rings (SSSR count). The quantitative estimate of drug-likeness (QED) is 0.502. The Kier molecular flexibility index (Phi) is 2.19. The number of hydrogen-bond donors (Lipinski definition) is 3. The molecule has 0 unspecified atom stereocenters. The van der Waals surface area contributed by atoms with Gasteiger partial charge in [0.15, 0.2) is 0 Å². The Balaban J connectivity index is 3.19. The van der Waals surface area contributed by atoms with Crippen molar-refractivity contribution < 1.29 is 0 Å². The summed E-state index contributed by atoms with van der Waals surface area (Å²) in [5, 5.41) is 1.91.